The summed E-state index contributed by atoms with van der Waals surface area (Å²) in [6.45, 7) is 7.35. The Kier molecular flexibility index (Phi) is 5.48. The minimum Gasteiger partial charge on any atom is -0.385 e. The summed E-state index contributed by atoms with van der Waals surface area (Å²) >= 11 is 0. The van der Waals surface area contributed by atoms with Crippen molar-refractivity contribution in [3.8, 4) is 5.69 Å². The quantitative estimate of drug-likeness (QED) is 0.711. The predicted octanol–water partition coefficient (Wildman–Crippen LogP) is 4.18. The van der Waals surface area contributed by atoms with E-state index in [1.54, 1.807) is 0 Å². The number of piperidine rings is 1. The van der Waals surface area contributed by atoms with Crippen LogP contribution in [0.1, 0.15) is 52.6 Å². The molecule has 1 aliphatic heterocycles. The number of likely N-dealkylation sites (tertiary alicyclic amines) is 1. The number of amides is 1. The van der Waals surface area contributed by atoms with Gasteiger partial charge in [-0.2, -0.15) is 5.10 Å². The van der Waals surface area contributed by atoms with Crippen LogP contribution in [0.4, 0.5) is 0 Å². The van der Waals surface area contributed by atoms with Crippen molar-refractivity contribution in [1.29, 1.82) is 0 Å². The molecule has 2 heterocycles. The van der Waals surface area contributed by atoms with Gasteiger partial charge in [0.25, 0.3) is 5.91 Å². The molecule has 1 aromatic heterocycles. The average molecular weight is 404 g/mol. The molecule has 0 aliphatic carbocycles. The molecule has 5 heteroatoms. The third kappa shape index (κ3) is 3.65. The Bertz CT molecular complexity index is 1030. The maximum Gasteiger partial charge on any atom is 0.253 e. The summed E-state index contributed by atoms with van der Waals surface area (Å²) in [6, 6.07) is 17.4. The SMILES string of the molecule is CCc1c(C)nn(-c2ccc(C(=O)N3CCC(O)(c4ccccc4)CC3)cc2)c1C. The molecular weight excluding hydrogens is 374 g/mol. The zero-order valence-corrected chi connectivity index (χ0v) is 17.9. The van der Waals surface area contributed by atoms with Gasteiger partial charge in [0.15, 0.2) is 0 Å². The summed E-state index contributed by atoms with van der Waals surface area (Å²) < 4.78 is 1.95. The van der Waals surface area contributed by atoms with Gasteiger partial charge in [-0.05, 0) is 68.5 Å². The summed E-state index contributed by atoms with van der Waals surface area (Å²) in [5.41, 5.74) is 5.17. The van der Waals surface area contributed by atoms with Crippen molar-refractivity contribution in [3.63, 3.8) is 0 Å². The third-order valence-corrected chi connectivity index (χ3v) is 6.34. The van der Waals surface area contributed by atoms with E-state index in [0.717, 1.165) is 29.1 Å². The van der Waals surface area contributed by atoms with E-state index in [9.17, 15) is 9.90 Å². The van der Waals surface area contributed by atoms with Gasteiger partial charge in [0, 0.05) is 24.3 Å². The normalized spacial score (nSPS) is 15.9. The fourth-order valence-electron chi connectivity index (χ4n) is 4.48. The molecule has 0 atom stereocenters. The Morgan fingerprint density at radius 1 is 1.03 bits per heavy atom. The van der Waals surface area contributed by atoms with Gasteiger partial charge in [-0.3, -0.25) is 4.79 Å². The lowest BCUT2D eigenvalue weighted by molar-refractivity contribution is -0.0211. The topological polar surface area (TPSA) is 58.4 Å². The summed E-state index contributed by atoms with van der Waals surface area (Å²) in [6.07, 6.45) is 2.05. The fourth-order valence-corrected chi connectivity index (χ4v) is 4.48. The number of hydrogen-bond acceptors (Lipinski definition) is 3. The highest BCUT2D eigenvalue weighted by atomic mass is 16.3. The van der Waals surface area contributed by atoms with Crippen LogP contribution in [0.3, 0.4) is 0 Å². The maximum absolute atomic E-state index is 13.0. The number of rotatable bonds is 4. The molecule has 2 aromatic carbocycles. The third-order valence-electron chi connectivity index (χ3n) is 6.34. The van der Waals surface area contributed by atoms with E-state index in [1.165, 1.54) is 5.56 Å². The predicted molar refractivity (Wildman–Crippen MR) is 118 cm³/mol. The Hall–Kier alpha value is -2.92. The van der Waals surface area contributed by atoms with Crippen LogP contribution in [0.5, 0.6) is 0 Å². The van der Waals surface area contributed by atoms with Crippen LogP contribution in [0.2, 0.25) is 0 Å². The number of carbonyl (C=O) groups excluding carboxylic acids is 1. The van der Waals surface area contributed by atoms with Gasteiger partial charge < -0.3 is 10.0 Å². The molecule has 1 N–H and O–H groups in total. The second-order valence-corrected chi connectivity index (χ2v) is 8.15. The average Bonchev–Trinajstić information content (AvgIpc) is 3.07. The zero-order chi connectivity index (χ0) is 21.3. The molecule has 3 aromatic rings. The lowest BCUT2D eigenvalue weighted by Crippen LogP contribution is -2.45. The first kappa shape index (κ1) is 20.4. The highest BCUT2D eigenvalue weighted by molar-refractivity contribution is 5.94. The molecular formula is C25H29N3O2. The molecule has 1 amide bonds. The molecule has 1 fully saturated rings. The number of aryl methyl sites for hydroxylation is 1. The Morgan fingerprint density at radius 3 is 2.23 bits per heavy atom. The van der Waals surface area contributed by atoms with Crippen molar-refractivity contribution >= 4 is 5.91 Å². The van der Waals surface area contributed by atoms with Crippen molar-refractivity contribution < 1.29 is 9.90 Å². The molecule has 30 heavy (non-hydrogen) atoms. The van der Waals surface area contributed by atoms with E-state index in [4.69, 9.17) is 0 Å². The number of aromatic nitrogens is 2. The highest BCUT2D eigenvalue weighted by Crippen LogP contribution is 2.33. The lowest BCUT2D eigenvalue weighted by atomic mass is 9.84. The summed E-state index contributed by atoms with van der Waals surface area (Å²) in [5, 5.41) is 15.7. The first-order chi connectivity index (χ1) is 14.4. The van der Waals surface area contributed by atoms with Gasteiger partial charge >= 0.3 is 0 Å². The van der Waals surface area contributed by atoms with Crippen molar-refractivity contribution in [2.45, 2.75) is 45.6 Å². The standard InChI is InChI=1S/C25H29N3O2/c1-4-23-18(2)26-28(19(23)3)22-12-10-20(11-13-22)24(29)27-16-14-25(30,15-17-27)21-8-6-5-7-9-21/h5-13,30H,4,14-17H2,1-3H3. The van der Waals surface area contributed by atoms with E-state index < -0.39 is 5.60 Å². The van der Waals surface area contributed by atoms with Crippen LogP contribution in [-0.4, -0.2) is 38.8 Å². The van der Waals surface area contributed by atoms with Crippen molar-refractivity contribution in [2.24, 2.45) is 0 Å². The first-order valence-corrected chi connectivity index (χ1v) is 10.7. The highest BCUT2D eigenvalue weighted by Gasteiger charge is 2.35. The lowest BCUT2D eigenvalue weighted by Gasteiger charge is -2.38. The van der Waals surface area contributed by atoms with E-state index in [1.807, 2.05) is 71.1 Å². The number of nitrogens with zero attached hydrogens (tertiary/aromatic N) is 3. The smallest absolute Gasteiger partial charge is 0.253 e. The molecule has 156 valence electrons. The second kappa shape index (κ2) is 8.07. The summed E-state index contributed by atoms with van der Waals surface area (Å²) in [4.78, 5) is 14.8. The van der Waals surface area contributed by atoms with Crippen LogP contribution in [0.15, 0.2) is 54.6 Å². The van der Waals surface area contributed by atoms with Crippen LogP contribution >= 0.6 is 0 Å². The molecule has 5 nitrogen and oxygen atoms in total. The number of hydrogen-bond donors (Lipinski definition) is 1. The molecule has 1 saturated heterocycles. The maximum atomic E-state index is 13.0. The minimum absolute atomic E-state index is 0.0132. The molecule has 1 aliphatic rings. The monoisotopic (exact) mass is 403 g/mol. The summed E-state index contributed by atoms with van der Waals surface area (Å²) in [7, 11) is 0. The van der Waals surface area contributed by atoms with Crippen LogP contribution in [-0.2, 0) is 12.0 Å². The summed E-state index contributed by atoms with van der Waals surface area (Å²) in [5.74, 6) is 0.0132. The molecule has 0 radical (unpaired) electrons. The van der Waals surface area contributed by atoms with Gasteiger partial charge in [0.2, 0.25) is 0 Å². The van der Waals surface area contributed by atoms with Gasteiger partial charge in [-0.15, -0.1) is 0 Å². The molecule has 0 spiro atoms. The number of benzene rings is 2. The largest absolute Gasteiger partial charge is 0.385 e. The van der Waals surface area contributed by atoms with Gasteiger partial charge in [-0.1, -0.05) is 37.3 Å². The van der Waals surface area contributed by atoms with Crippen LogP contribution in [0, 0.1) is 13.8 Å². The van der Waals surface area contributed by atoms with E-state index in [-0.39, 0.29) is 5.91 Å². The van der Waals surface area contributed by atoms with Crippen molar-refractivity contribution in [3.05, 3.63) is 82.7 Å². The Labute approximate surface area is 178 Å². The molecule has 0 saturated carbocycles. The van der Waals surface area contributed by atoms with Gasteiger partial charge in [-0.25, -0.2) is 4.68 Å². The first-order valence-electron chi connectivity index (χ1n) is 10.7. The fraction of sp³-hybridized carbons (Fsp3) is 0.360. The zero-order valence-electron chi connectivity index (χ0n) is 17.9. The Morgan fingerprint density at radius 2 is 1.67 bits per heavy atom. The number of carbonyl (C=O) groups is 1. The second-order valence-electron chi connectivity index (χ2n) is 8.15. The van der Waals surface area contributed by atoms with Gasteiger partial charge in [0.05, 0.1) is 17.0 Å². The number of aliphatic hydroxyl groups is 1. The van der Waals surface area contributed by atoms with Crippen LogP contribution in [0.25, 0.3) is 5.69 Å². The van der Waals surface area contributed by atoms with Crippen molar-refractivity contribution in [1.82, 2.24) is 14.7 Å². The van der Waals surface area contributed by atoms with Crippen molar-refractivity contribution in [2.75, 3.05) is 13.1 Å². The van der Waals surface area contributed by atoms with E-state index >= 15 is 0 Å². The van der Waals surface area contributed by atoms with Gasteiger partial charge in [0.1, 0.15) is 0 Å². The molecule has 0 unspecified atom stereocenters. The molecule has 0 bridgehead atoms. The Balaban J connectivity index is 1.46. The van der Waals surface area contributed by atoms with E-state index in [0.29, 0.717) is 31.5 Å². The van der Waals surface area contributed by atoms with E-state index in [2.05, 4.69) is 18.9 Å². The molecule has 4 rings (SSSR count). The minimum atomic E-state index is -0.853. The van der Waals surface area contributed by atoms with Crippen LogP contribution < -0.4 is 0 Å².